The molecule has 3 nitrogen and oxygen atoms in total. The number of alkyl halides is 6. The summed E-state index contributed by atoms with van der Waals surface area (Å²) in [5.74, 6) is -16.5. The maximum Gasteiger partial charge on any atom is 0.379 e. The summed E-state index contributed by atoms with van der Waals surface area (Å²) in [4.78, 5) is 0. The van der Waals surface area contributed by atoms with Crippen LogP contribution in [0.25, 0.3) is 0 Å². The first-order valence-electron chi connectivity index (χ1n) is 3.67. The third-order valence-corrected chi connectivity index (χ3v) is 2.01. The molecule has 0 aliphatic carbocycles. The highest BCUT2D eigenvalue weighted by atomic mass is 19.3. The molecule has 0 bridgehead atoms. The first kappa shape index (κ1) is 12.5. The molecule has 1 saturated heterocycles. The number of hydrogen-bond acceptors (Lipinski definition) is 3. The predicted molar refractivity (Wildman–Crippen MR) is 32.8 cm³/mol. The van der Waals surface area contributed by atoms with E-state index in [1.165, 1.54) is 0 Å². The van der Waals surface area contributed by atoms with Crippen molar-refractivity contribution in [1.82, 2.24) is 0 Å². The van der Waals surface area contributed by atoms with Crippen molar-refractivity contribution in [2.45, 2.75) is 30.2 Å². The van der Waals surface area contributed by atoms with Crippen LogP contribution in [-0.2, 0) is 4.74 Å². The van der Waals surface area contributed by atoms with E-state index in [2.05, 4.69) is 4.74 Å². The Labute approximate surface area is 79.3 Å². The molecule has 2 N–H and O–H groups in total. The molecule has 0 radical (unpaired) electrons. The molecule has 0 amide bonds. The summed E-state index contributed by atoms with van der Waals surface area (Å²) < 4.78 is 79.1. The Morgan fingerprint density at radius 2 is 1.47 bits per heavy atom. The minimum Gasteiger partial charge on any atom is -0.393 e. The van der Waals surface area contributed by atoms with E-state index in [1.807, 2.05) is 0 Å². The van der Waals surface area contributed by atoms with Crippen molar-refractivity contribution in [2.24, 2.45) is 0 Å². The summed E-state index contributed by atoms with van der Waals surface area (Å²) in [7, 11) is 0. The zero-order chi connectivity index (χ0) is 12.1. The molecule has 0 saturated carbocycles. The molecule has 1 heterocycles. The van der Waals surface area contributed by atoms with Crippen LogP contribution < -0.4 is 0 Å². The highest BCUT2D eigenvalue weighted by Crippen LogP contribution is 2.53. The summed E-state index contributed by atoms with van der Waals surface area (Å²) >= 11 is 0. The van der Waals surface area contributed by atoms with Crippen LogP contribution in [0.5, 0.6) is 0 Å². The van der Waals surface area contributed by atoms with Crippen molar-refractivity contribution < 1.29 is 41.3 Å². The van der Waals surface area contributed by atoms with Crippen molar-refractivity contribution in [3.63, 3.8) is 0 Å². The van der Waals surface area contributed by atoms with Gasteiger partial charge >= 0.3 is 17.8 Å². The second kappa shape index (κ2) is 3.22. The third-order valence-electron chi connectivity index (χ3n) is 2.01. The SMILES string of the molecule is OC[C@@H]1O[C@@H](O)C(F)(F)C(F)(F)C1(F)F. The van der Waals surface area contributed by atoms with E-state index in [4.69, 9.17) is 10.2 Å². The normalized spacial score (nSPS) is 37.6. The maximum absolute atomic E-state index is 12.7. The number of halogens is 6. The predicted octanol–water partition coefficient (Wildman–Crippen LogP) is 0.602. The molecule has 0 aromatic rings. The highest BCUT2D eigenvalue weighted by Gasteiger charge is 2.80. The smallest absolute Gasteiger partial charge is 0.379 e. The lowest BCUT2D eigenvalue weighted by Crippen LogP contribution is -2.70. The molecule has 1 aliphatic heterocycles. The molecule has 1 fully saturated rings. The molecule has 90 valence electrons. The van der Waals surface area contributed by atoms with Gasteiger partial charge in [0.25, 0.3) is 0 Å². The topological polar surface area (TPSA) is 49.7 Å². The van der Waals surface area contributed by atoms with Crippen molar-refractivity contribution in [1.29, 1.82) is 0 Å². The van der Waals surface area contributed by atoms with E-state index < -0.39 is 36.8 Å². The zero-order valence-electron chi connectivity index (χ0n) is 6.93. The average molecular weight is 240 g/mol. The summed E-state index contributed by atoms with van der Waals surface area (Å²) in [6.45, 7) is -1.62. The molecule has 0 unspecified atom stereocenters. The largest absolute Gasteiger partial charge is 0.393 e. The van der Waals surface area contributed by atoms with E-state index in [9.17, 15) is 26.3 Å². The highest BCUT2D eigenvalue weighted by molar-refractivity contribution is 5.05. The van der Waals surface area contributed by atoms with Gasteiger partial charge in [-0.1, -0.05) is 0 Å². The van der Waals surface area contributed by atoms with Gasteiger partial charge < -0.3 is 14.9 Å². The van der Waals surface area contributed by atoms with E-state index in [-0.39, 0.29) is 0 Å². The Hall–Kier alpha value is -0.540. The van der Waals surface area contributed by atoms with Gasteiger partial charge in [-0.25, -0.2) is 0 Å². The van der Waals surface area contributed by atoms with E-state index in [0.717, 1.165) is 0 Å². The van der Waals surface area contributed by atoms with E-state index in [1.54, 1.807) is 0 Å². The van der Waals surface area contributed by atoms with Gasteiger partial charge in [-0.05, 0) is 0 Å². The van der Waals surface area contributed by atoms with Crippen LogP contribution in [0.2, 0.25) is 0 Å². The van der Waals surface area contributed by atoms with Crippen LogP contribution in [-0.4, -0.2) is 47.0 Å². The first-order chi connectivity index (χ1) is 6.59. The lowest BCUT2D eigenvalue weighted by Gasteiger charge is -2.43. The van der Waals surface area contributed by atoms with E-state index >= 15 is 0 Å². The number of ether oxygens (including phenoxy) is 1. The fourth-order valence-corrected chi connectivity index (χ4v) is 1.06. The van der Waals surface area contributed by atoms with Gasteiger partial charge in [0.15, 0.2) is 6.10 Å². The van der Waals surface area contributed by atoms with Crippen molar-refractivity contribution >= 4 is 0 Å². The lowest BCUT2D eigenvalue weighted by molar-refractivity contribution is -0.437. The Morgan fingerprint density at radius 3 is 1.87 bits per heavy atom. The number of aliphatic hydroxyl groups is 2. The molecule has 0 aromatic heterocycles. The summed E-state index contributed by atoms with van der Waals surface area (Å²) in [6.07, 6.45) is -6.26. The monoisotopic (exact) mass is 240 g/mol. The van der Waals surface area contributed by atoms with Gasteiger partial charge in [-0.3, -0.25) is 0 Å². The van der Waals surface area contributed by atoms with Crippen LogP contribution in [0.1, 0.15) is 0 Å². The molecule has 1 aliphatic rings. The van der Waals surface area contributed by atoms with Gasteiger partial charge in [0.1, 0.15) is 0 Å². The molecule has 9 heteroatoms. The second-order valence-corrected chi connectivity index (χ2v) is 2.98. The van der Waals surface area contributed by atoms with Crippen LogP contribution in [0.15, 0.2) is 0 Å². The van der Waals surface area contributed by atoms with Crippen LogP contribution >= 0.6 is 0 Å². The van der Waals surface area contributed by atoms with Gasteiger partial charge in [0, 0.05) is 0 Å². The molecule has 0 aromatic carbocycles. The lowest BCUT2D eigenvalue weighted by atomic mass is 9.96. The van der Waals surface area contributed by atoms with Crippen LogP contribution in [0.3, 0.4) is 0 Å². The fraction of sp³-hybridized carbons (Fsp3) is 1.00. The van der Waals surface area contributed by atoms with Crippen LogP contribution in [0.4, 0.5) is 26.3 Å². The van der Waals surface area contributed by atoms with Gasteiger partial charge in [0.2, 0.25) is 6.29 Å². The van der Waals surface area contributed by atoms with Gasteiger partial charge in [-0.2, -0.15) is 26.3 Å². The zero-order valence-corrected chi connectivity index (χ0v) is 6.93. The standard InChI is InChI=1S/C6H6F6O3/c7-4(8)2(1-13)15-3(14)5(9,10)6(4,11)12/h2-3,13-14H,1H2/t2-,3+/m0/s1. The number of hydrogen-bond donors (Lipinski definition) is 2. The van der Waals surface area contributed by atoms with Crippen molar-refractivity contribution in [2.75, 3.05) is 6.61 Å². The minimum absolute atomic E-state index is 1.62. The van der Waals surface area contributed by atoms with Crippen molar-refractivity contribution in [3.8, 4) is 0 Å². The van der Waals surface area contributed by atoms with Crippen LogP contribution in [0, 0.1) is 0 Å². The first-order valence-corrected chi connectivity index (χ1v) is 3.67. The maximum atomic E-state index is 12.7. The van der Waals surface area contributed by atoms with E-state index in [0.29, 0.717) is 0 Å². The fourth-order valence-electron chi connectivity index (χ4n) is 1.06. The molecule has 0 spiro atoms. The molecule has 2 atom stereocenters. The van der Waals surface area contributed by atoms with Crippen molar-refractivity contribution in [3.05, 3.63) is 0 Å². The second-order valence-electron chi connectivity index (χ2n) is 2.98. The summed E-state index contributed by atoms with van der Waals surface area (Å²) in [5, 5.41) is 16.7. The van der Waals surface area contributed by atoms with Gasteiger partial charge in [0.05, 0.1) is 6.61 Å². The quantitative estimate of drug-likeness (QED) is 0.660. The number of aliphatic hydroxyl groups excluding tert-OH is 2. The average Bonchev–Trinajstić information content (AvgIpc) is 2.10. The molecular weight excluding hydrogens is 234 g/mol. The molecule has 1 rings (SSSR count). The Bertz CT molecular complexity index is 255. The molecule has 15 heavy (non-hydrogen) atoms. The summed E-state index contributed by atoms with van der Waals surface area (Å²) in [6, 6.07) is 0. The number of rotatable bonds is 1. The van der Waals surface area contributed by atoms with Gasteiger partial charge in [-0.15, -0.1) is 0 Å². The minimum atomic E-state index is -5.79. The summed E-state index contributed by atoms with van der Waals surface area (Å²) in [5.41, 5.74) is 0. The molecular formula is C6H6F6O3. The Morgan fingerprint density at radius 1 is 1.00 bits per heavy atom. The third kappa shape index (κ3) is 1.41. The Kier molecular flexibility index (Phi) is 2.69. The Balaban J connectivity index is 3.16.